The zero-order chi connectivity index (χ0) is 13.5. The monoisotopic (exact) mass is 311 g/mol. The van der Waals surface area contributed by atoms with Gasteiger partial charge in [0, 0.05) is 11.0 Å². The molecule has 0 aromatic heterocycles. The number of amides is 1. The Balaban J connectivity index is 2.45. The molecule has 0 spiro atoms. The van der Waals surface area contributed by atoms with Crippen LogP contribution >= 0.6 is 15.9 Å². The molecule has 0 radical (unpaired) electrons. The molecule has 18 heavy (non-hydrogen) atoms. The van der Waals surface area contributed by atoms with E-state index in [1.54, 1.807) is 0 Å². The lowest BCUT2D eigenvalue weighted by Crippen LogP contribution is -2.29. The maximum absolute atomic E-state index is 11.4. The molecule has 1 amide bonds. The van der Waals surface area contributed by atoms with Crippen LogP contribution in [0.5, 0.6) is 5.75 Å². The maximum Gasteiger partial charge on any atom is 0.258 e. The van der Waals surface area contributed by atoms with Crippen LogP contribution < -0.4 is 10.1 Å². The molecule has 0 heterocycles. The lowest BCUT2D eigenvalue weighted by molar-refractivity contribution is -0.122. The van der Waals surface area contributed by atoms with Crippen LogP contribution in [0.4, 0.5) is 0 Å². The first-order chi connectivity index (χ1) is 8.49. The minimum absolute atomic E-state index is 0.0157. The molecule has 0 bridgehead atoms. The van der Waals surface area contributed by atoms with E-state index < -0.39 is 0 Å². The minimum Gasteiger partial charge on any atom is -0.484 e. The summed E-state index contributed by atoms with van der Waals surface area (Å²) in [6.07, 6.45) is 0. The van der Waals surface area contributed by atoms with Crippen LogP contribution in [0.3, 0.4) is 0 Å². The summed E-state index contributed by atoms with van der Waals surface area (Å²) in [5.74, 6) is 0.999. The molecular weight excluding hydrogens is 294 g/mol. The van der Waals surface area contributed by atoms with Crippen molar-refractivity contribution in [1.29, 1.82) is 0 Å². The van der Waals surface area contributed by atoms with Gasteiger partial charge in [0.25, 0.3) is 5.91 Å². The Morgan fingerprint density at radius 3 is 2.83 bits per heavy atom. The third kappa shape index (κ3) is 5.36. The number of benzene rings is 1. The van der Waals surface area contributed by atoms with E-state index in [2.05, 4.69) is 41.7 Å². The van der Waals surface area contributed by atoms with Crippen LogP contribution in [0.2, 0.25) is 0 Å². The lowest BCUT2D eigenvalue weighted by atomic mass is 10.0. The average Bonchev–Trinajstić information content (AvgIpc) is 2.34. The predicted octanol–water partition coefficient (Wildman–Crippen LogP) is 3.21. The molecule has 3 nitrogen and oxygen atoms in total. The number of ether oxygens (including phenoxy) is 1. The van der Waals surface area contributed by atoms with Gasteiger partial charge in [0.1, 0.15) is 5.75 Å². The van der Waals surface area contributed by atoms with Gasteiger partial charge in [0.05, 0.1) is 0 Å². The van der Waals surface area contributed by atoms with E-state index in [1.807, 2.05) is 24.3 Å². The van der Waals surface area contributed by atoms with E-state index in [0.717, 1.165) is 4.48 Å². The fourth-order valence-corrected chi connectivity index (χ4v) is 1.50. The lowest BCUT2D eigenvalue weighted by Gasteiger charge is -2.10. The number of nitrogens with one attached hydrogen (secondary N) is 1. The van der Waals surface area contributed by atoms with Crippen molar-refractivity contribution < 1.29 is 9.53 Å². The van der Waals surface area contributed by atoms with Gasteiger partial charge in [-0.05, 0) is 23.6 Å². The van der Waals surface area contributed by atoms with Gasteiger partial charge in [-0.15, -0.1) is 0 Å². The summed E-state index contributed by atoms with van der Waals surface area (Å²) in [6, 6.07) is 7.79. The Bertz CT molecular complexity index is 430. The highest BCUT2D eigenvalue weighted by molar-refractivity contribution is 9.11. The van der Waals surface area contributed by atoms with Gasteiger partial charge in [-0.2, -0.15) is 0 Å². The molecular formula is C14H18BrNO2. The van der Waals surface area contributed by atoms with Crippen molar-refractivity contribution in [1.82, 2.24) is 5.32 Å². The van der Waals surface area contributed by atoms with Gasteiger partial charge in [-0.25, -0.2) is 0 Å². The molecule has 1 N–H and O–H groups in total. The molecule has 1 rings (SSSR count). The normalized spacial score (nSPS) is 10.2. The van der Waals surface area contributed by atoms with Gasteiger partial charge < -0.3 is 10.1 Å². The fraction of sp³-hybridized carbons (Fsp3) is 0.357. The van der Waals surface area contributed by atoms with Crippen LogP contribution in [0.15, 0.2) is 35.3 Å². The highest BCUT2D eigenvalue weighted by atomic mass is 79.9. The van der Waals surface area contributed by atoms with E-state index in [-0.39, 0.29) is 12.5 Å². The Kier molecular flexibility index (Phi) is 5.92. The number of rotatable bonds is 6. The van der Waals surface area contributed by atoms with Crippen molar-refractivity contribution in [2.75, 3.05) is 13.2 Å². The second kappa shape index (κ2) is 7.21. The van der Waals surface area contributed by atoms with E-state index in [0.29, 0.717) is 18.2 Å². The molecule has 1 aromatic rings. The Morgan fingerprint density at radius 2 is 2.22 bits per heavy atom. The molecule has 0 saturated heterocycles. The van der Waals surface area contributed by atoms with E-state index >= 15 is 0 Å². The second-order valence-electron chi connectivity index (χ2n) is 4.31. The van der Waals surface area contributed by atoms with Crippen molar-refractivity contribution in [3.05, 3.63) is 40.9 Å². The summed E-state index contributed by atoms with van der Waals surface area (Å²) in [5.41, 5.74) is 1.20. The quantitative estimate of drug-likeness (QED) is 0.876. The van der Waals surface area contributed by atoms with Gasteiger partial charge >= 0.3 is 0 Å². The molecule has 0 aliphatic heterocycles. The topological polar surface area (TPSA) is 38.3 Å². The van der Waals surface area contributed by atoms with Crippen molar-refractivity contribution in [3.8, 4) is 5.75 Å². The van der Waals surface area contributed by atoms with Crippen LogP contribution in [0, 0.1) is 0 Å². The zero-order valence-electron chi connectivity index (χ0n) is 10.7. The largest absolute Gasteiger partial charge is 0.484 e. The molecule has 0 aliphatic carbocycles. The van der Waals surface area contributed by atoms with E-state index in [4.69, 9.17) is 4.74 Å². The smallest absolute Gasteiger partial charge is 0.258 e. The van der Waals surface area contributed by atoms with Gasteiger partial charge in [0.15, 0.2) is 6.61 Å². The third-order valence-corrected chi connectivity index (χ3v) is 2.65. The zero-order valence-corrected chi connectivity index (χ0v) is 12.3. The highest BCUT2D eigenvalue weighted by Gasteiger charge is 2.04. The molecule has 0 aliphatic rings. The van der Waals surface area contributed by atoms with Gasteiger partial charge in [-0.1, -0.05) is 48.5 Å². The van der Waals surface area contributed by atoms with Crippen LogP contribution in [-0.2, 0) is 4.79 Å². The number of carbonyl (C=O) groups is 1. The van der Waals surface area contributed by atoms with E-state index in [1.165, 1.54) is 5.56 Å². The van der Waals surface area contributed by atoms with Gasteiger partial charge in [0.2, 0.25) is 0 Å². The molecule has 98 valence electrons. The summed E-state index contributed by atoms with van der Waals surface area (Å²) in [7, 11) is 0. The summed E-state index contributed by atoms with van der Waals surface area (Å²) < 4.78 is 6.17. The van der Waals surface area contributed by atoms with Gasteiger partial charge in [-0.3, -0.25) is 4.79 Å². The summed E-state index contributed by atoms with van der Waals surface area (Å²) >= 11 is 3.17. The minimum atomic E-state index is -0.162. The Morgan fingerprint density at radius 1 is 1.50 bits per heavy atom. The average molecular weight is 312 g/mol. The molecule has 0 atom stereocenters. The molecule has 0 saturated carbocycles. The number of halogens is 1. The molecule has 0 unspecified atom stereocenters. The predicted molar refractivity (Wildman–Crippen MR) is 77.1 cm³/mol. The summed E-state index contributed by atoms with van der Waals surface area (Å²) in [6.45, 7) is 8.30. The first kappa shape index (κ1) is 14.8. The fourth-order valence-electron chi connectivity index (χ4n) is 1.36. The van der Waals surface area contributed by atoms with Crippen molar-refractivity contribution in [3.63, 3.8) is 0 Å². The standard InChI is InChI=1S/C14H18BrNO2/c1-10(2)12-5-4-6-13(7-12)18-9-14(17)16-8-11(3)15/h4-7,10H,3,8-9H2,1-2H3,(H,16,17). The number of hydrogen-bond donors (Lipinski definition) is 1. The highest BCUT2D eigenvalue weighted by Crippen LogP contribution is 2.19. The van der Waals surface area contributed by atoms with Crippen LogP contribution in [0.1, 0.15) is 25.3 Å². The number of hydrogen-bond acceptors (Lipinski definition) is 2. The molecule has 4 heteroatoms. The van der Waals surface area contributed by atoms with Crippen molar-refractivity contribution in [2.45, 2.75) is 19.8 Å². The molecule has 0 fully saturated rings. The van der Waals surface area contributed by atoms with Crippen LogP contribution in [-0.4, -0.2) is 19.1 Å². The maximum atomic E-state index is 11.4. The third-order valence-electron chi connectivity index (χ3n) is 2.37. The van der Waals surface area contributed by atoms with E-state index in [9.17, 15) is 4.79 Å². The SMILES string of the molecule is C=C(Br)CNC(=O)COc1cccc(C(C)C)c1. The first-order valence-electron chi connectivity index (χ1n) is 5.81. The van der Waals surface area contributed by atoms with Crippen molar-refractivity contribution >= 4 is 21.8 Å². The second-order valence-corrected chi connectivity index (χ2v) is 5.43. The Hall–Kier alpha value is -1.29. The van der Waals surface area contributed by atoms with Crippen LogP contribution in [0.25, 0.3) is 0 Å². The van der Waals surface area contributed by atoms with Crippen molar-refractivity contribution in [2.24, 2.45) is 0 Å². The Labute approximate surface area is 116 Å². The molecule has 1 aromatic carbocycles. The summed E-state index contributed by atoms with van der Waals surface area (Å²) in [5, 5.41) is 2.68. The first-order valence-corrected chi connectivity index (χ1v) is 6.61. The number of carbonyl (C=O) groups excluding carboxylic acids is 1. The summed E-state index contributed by atoms with van der Waals surface area (Å²) in [4.78, 5) is 11.4.